The summed E-state index contributed by atoms with van der Waals surface area (Å²) in [5, 5.41) is 7.44. The summed E-state index contributed by atoms with van der Waals surface area (Å²) in [5.41, 5.74) is 0.755. The molecule has 0 bridgehead atoms. The number of rotatable bonds is 3. The molecule has 1 aromatic carbocycles. The maximum Gasteiger partial charge on any atom is 0.230 e. The minimum absolute atomic E-state index is 0. The predicted octanol–water partition coefficient (Wildman–Crippen LogP) is 3.69. The Hall–Kier alpha value is -0.770. The van der Waals surface area contributed by atoms with E-state index in [2.05, 4.69) is 17.6 Å². The Balaban J connectivity index is 0.00000192. The number of hydrogen-bond acceptors (Lipinski definition) is 2. The first-order valence-corrected chi connectivity index (χ1v) is 8.77. The third-order valence-corrected chi connectivity index (χ3v) is 5.68. The van der Waals surface area contributed by atoms with E-state index in [4.69, 9.17) is 11.6 Å². The van der Waals surface area contributed by atoms with Crippen molar-refractivity contribution in [2.75, 3.05) is 13.1 Å². The molecule has 128 valence electrons. The van der Waals surface area contributed by atoms with Gasteiger partial charge in [0.15, 0.2) is 0 Å². The van der Waals surface area contributed by atoms with E-state index in [1.165, 1.54) is 0 Å². The average Bonchev–Trinajstić information content (AvgIpc) is 3.01. The van der Waals surface area contributed by atoms with Gasteiger partial charge in [0, 0.05) is 17.6 Å². The Bertz CT molecular complexity index is 526. The van der Waals surface area contributed by atoms with Crippen molar-refractivity contribution in [1.29, 1.82) is 0 Å². The molecule has 0 radical (unpaired) electrons. The summed E-state index contributed by atoms with van der Waals surface area (Å²) in [6.45, 7) is 4.16. The smallest absolute Gasteiger partial charge is 0.230 e. The lowest BCUT2D eigenvalue weighted by molar-refractivity contribution is -0.127. The van der Waals surface area contributed by atoms with Crippen LogP contribution in [0.3, 0.4) is 0 Å². The monoisotopic (exact) mass is 356 g/mol. The predicted molar refractivity (Wildman–Crippen MR) is 97.4 cm³/mol. The minimum Gasteiger partial charge on any atom is -0.351 e. The van der Waals surface area contributed by atoms with Crippen LogP contribution in [0.4, 0.5) is 0 Å². The molecule has 23 heavy (non-hydrogen) atoms. The highest BCUT2D eigenvalue weighted by Crippen LogP contribution is 2.42. The molecule has 2 unspecified atom stereocenters. The van der Waals surface area contributed by atoms with Crippen LogP contribution in [-0.4, -0.2) is 25.0 Å². The van der Waals surface area contributed by atoms with E-state index in [9.17, 15) is 4.79 Å². The van der Waals surface area contributed by atoms with Crippen LogP contribution in [0.25, 0.3) is 0 Å². The lowest BCUT2D eigenvalue weighted by Gasteiger charge is -2.35. The summed E-state index contributed by atoms with van der Waals surface area (Å²) < 4.78 is 0. The van der Waals surface area contributed by atoms with Gasteiger partial charge in [-0.05, 0) is 49.4 Å². The zero-order valence-corrected chi connectivity index (χ0v) is 15.2. The number of hydrogen-bond donors (Lipinski definition) is 2. The molecular formula is C18H26Cl2N2O. The highest BCUT2D eigenvalue weighted by molar-refractivity contribution is 6.30. The maximum atomic E-state index is 13.1. The van der Waals surface area contributed by atoms with E-state index < -0.39 is 0 Å². The molecule has 2 aliphatic rings. The molecule has 5 heteroatoms. The molecule has 1 aliphatic heterocycles. The van der Waals surface area contributed by atoms with Gasteiger partial charge in [-0.2, -0.15) is 0 Å². The Labute approximate surface area is 150 Å². The second-order valence-corrected chi connectivity index (χ2v) is 7.28. The van der Waals surface area contributed by atoms with Gasteiger partial charge in [-0.3, -0.25) is 4.79 Å². The number of carbonyl (C=O) groups is 1. The van der Waals surface area contributed by atoms with Gasteiger partial charge in [-0.25, -0.2) is 0 Å². The van der Waals surface area contributed by atoms with Crippen molar-refractivity contribution >= 4 is 29.9 Å². The van der Waals surface area contributed by atoms with E-state index in [0.29, 0.717) is 5.92 Å². The largest absolute Gasteiger partial charge is 0.351 e. The lowest BCUT2D eigenvalue weighted by Crippen LogP contribution is -2.54. The van der Waals surface area contributed by atoms with E-state index in [1.54, 1.807) is 0 Å². The zero-order valence-electron chi connectivity index (χ0n) is 13.6. The number of benzene rings is 1. The van der Waals surface area contributed by atoms with Crippen LogP contribution in [0, 0.1) is 5.92 Å². The van der Waals surface area contributed by atoms with E-state index in [0.717, 1.165) is 55.8 Å². The molecule has 1 aromatic rings. The van der Waals surface area contributed by atoms with Crippen LogP contribution in [0.15, 0.2) is 24.3 Å². The molecule has 1 heterocycles. The molecule has 2 N–H and O–H groups in total. The third kappa shape index (κ3) is 3.84. The summed E-state index contributed by atoms with van der Waals surface area (Å²) in [5.74, 6) is 0.738. The molecule has 1 saturated carbocycles. The van der Waals surface area contributed by atoms with Crippen molar-refractivity contribution in [3.05, 3.63) is 34.9 Å². The Morgan fingerprint density at radius 1 is 1.26 bits per heavy atom. The quantitative estimate of drug-likeness (QED) is 0.866. The van der Waals surface area contributed by atoms with Crippen LogP contribution in [0.1, 0.15) is 44.6 Å². The van der Waals surface area contributed by atoms with Crippen molar-refractivity contribution in [1.82, 2.24) is 10.6 Å². The minimum atomic E-state index is -0.359. The number of piperidine rings is 1. The van der Waals surface area contributed by atoms with Crippen LogP contribution in [0.5, 0.6) is 0 Å². The normalized spacial score (nSPS) is 26.3. The molecule has 1 aliphatic carbocycles. The second kappa shape index (κ2) is 7.87. The molecular weight excluding hydrogens is 331 g/mol. The molecule has 0 spiro atoms. The van der Waals surface area contributed by atoms with E-state index in [-0.39, 0.29) is 29.8 Å². The number of halogens is 2. The van der Waals surface area contributed by atoms with Crippen molar-refractivity contribution in [3.8, 4) is 0 Å². The van der Waals surface area contributed by atoms with E-state index >= 15 is 0 Å². The van der Waals surface area contributed by atoms with Crippen molar-refractivity contribution in [2.24, 2.45) is 5.92 Å². The Morgan fingerprint density at radius 3 is 2.52 bits per heavy atom. The van der Waals surface area contributed by atoms with Crippen molar-refractivity contribution < 1.29 is 4.79 Å². The molecule has 2 atom stereocenters. The second-order valence-electron chi connectivity index (χ2n) is 6.85. The topological polar surface area (TPSA) is 41.1 Å². The molecule has 1 amide bonds. The van der Waals surface area contributed by atoms with Gasteiger partial charge in [-0.1, -0.05) is 43.5 Å². The molecule has 3 rings (SSSR count). The number of nitrogens with one attached hydrogen (secondary N) is 2. The molecule has 1 saturated heterocycles. The van der Waals surface area contributed by atoms with Gasteiger partial charge in [-0.15, -0.1) is 12.4 Å². The fourth-order valence-electron chi connectivity index (χ4n) is 3.88. The zero-order chi connectivity index (χ0) is 15.6. The van der Waals surface area contributed by atoms with Crippen LogP contribution in [0.2, 0.25) is 5.02 Å². The summed E-state index contributed by atoms with van der Waals surface area (Å²) in [6, 6.07) is 8.08. The fourth-order valence-corrected chi connectivity index (χ4v) is 4.01. The fraction of sp³-hybridized carbons (Fsp3) is 0.611. The number of amides is 1. The summed E-state index contributed by atoms with van der Waals surface area (Å²) in [6.07, 6.45) is 5.24. The van der Waals surface area contributed by atoms with Crippen LogP contribution in [-0.2, 0) is 10.2 Å². The Kier molecular flexibility index (Phi) is 6.35. The highest BCUT2D eigenvalue weighted by Gasteiger charge is 2.43. The maximum absolute atomic E-state index is 13.1. The lowest BCUT2D eigenvalue weighted by atomic mass is 9.77. The molecule has 3 nitrogen and oxygen atoms in total. The first kappa shape index (κ1) is 18.6. The van der Waals surface area contributed by atoms with Crippen LogP contribution < -0.4 is 10.6 Å². The van der Waals surface area contributed by atoms with Gasteiger partial charge in [0.25, 0.3) is 0 Å². The first-order valence-electron chi connectivity index (χ1n) is 8.39. The SMILES string of the molecule is CC1CCNCC1NC(=O)C1(c2ccc(Cl)cc2)CCCC1.Cl. The number of carbonyl (C=O) groups excluding carboxylic acids is 1. The average molecular weight is 357 g/mol. The van der Waals surface area contributed by atoms with Gasteiger partial charge >= 0.3 is 0 Å². The van der Waals surface area contributed by atoms with Crippen molar-refractivity contribution in [2.45, 2.75) is 50.5 Å². The van der Waals surface area contributed by atoms with Crippen LogP contribution >= 0.6 is 24.0 Å². The van der Waals surface area contributed by atoms with Crippen molar-refractivity contribution in [3.63, 3.8) is 0 Å². The molecule has 2 fully saturated rings. The Morgan fingerprint density at radius 2 is 1.91 bits per heavy atom. The van der Waals surface area contributed by atoms with Gasteiger partial charge in [0.1, 0.15) is 0 Å². The summed E-state index contributed by atoms with van der Waals surface area (Å²) in [4.78, 5) is 13.1. The first-order chi connectivity index (χ1) is 10.6. The van der Waals surface area contributed by atoms with Gasteiger partial charge in [0.05, 0.1) is 5.41 Å². The van der Waals surface area contributed by atoms with Gasteiger partial charge in [0.2, 0.25) is 5.91 Å². The third-order valence-electron chi connectivity index (χ3n) is 5.43. The summed E-state index contributed by atoms with van der Waals surface area (Å²) >= 11 is 6.01. The highest BCUT2D eigenvalue weighted by atomic mass is 35.5. The standard InChI is InChI=1S/C18H25ClN2O.ClH/c1-13-8-11-20-12-16(13)21-17(22)18(9-2-3-10-18)14-4-6-15(19)7-5-14;/h4-7,13,16,20H,2-3,8-12H2,1H3,(H,21,22);1H. The van der Waals surface area contributed by atoms with Gasteiger partial charge < -0.3 is 10.6 Å². The molecule has 0 aromatic heterocycles. The summed E-state index contributed by atoms with van der Waals surface area (Å²) in [7, 11) is 0. The van der Waals surface area contributed by atoms with E-state index in [1.807, 2.05) is 24.3 Å².